The predicted octanol–water partition coefficient (Wildman–Crippen LogP) is 2.55. The molecule has 1 heterocycles. The summed E-state index contributed by atoms with van der Waals surface area (Å²) in [5.74, 6) is -4.68. The van der Waals surface area contributed by atoms with Gasteiger partial charge in [0.25, 0.3) is 29.1 Å². The van der Waals surface area contributed by atoms with E-state index in [0.717, 1.165) is 18.2 Å². The molecule has 0 aromatic heterocycles. The van der Waals surface area contributed by atoms with Crippen LogP contribution in [0.5, 0.6) is 0 Å². The zero-order valence-electron chi connectivity index (χ0n) is 18.6. The summed E-state index contributed by atoms with van der Waals surface area (Å²) in [6.07, 6.45) is 4.40. The van der Waals surface area contributed by atoms with E-state index < -0.39 is 63.0 Å². The molecule has 1 aliphatic heterocycles. The highest BCUT2D eigenvalue weighted by Crippen LogP contribution is 2.52. The molecular weight excluding hydrogens is 472 g/mol. The van der Waals surface area contributed by atoms with Crippen molar-refractivity contribution in [3.8, 4) is 0 Å². The average molecular weight is 490 g/mol. The van der Waals surface area contributed by atoms with Gasteiger partial charge >= 0.3 is 0 Å². The number of hydrazine groups is 1. The number of nitrogens with zero attached hydrogens (tertiary/aromatic N) is 4. The van der Waals surface area contributed by atoms with Crippen molar-refractivity contribution in [3.63, 3.8) is 0 Å². The van der Waals surface area contributed by atoms with Gasteiger partial charge in [0.05, 0.1) is 21.7 Å². The Morgan fingerprint density at radius 2 is 1.47 bits per heavy atom. The number of allylic oxidation sites excluding steroid dienone is 2. The first-order valence-electron chi connectivity index (χ1n) is 11.1. The summed E-state index contributed by atoms with van der Waals surface area (Å²) >= 11 is 0. The number of fused-ring (bicyclic) bond motifs is 5. The van der Waals surface area contributed by atoms with Crippen molar-refractivity contribution in [3.05, 3.63) is 92.0 Å². The molecule has 0 spiro atoms. The minimum atomic E-state index is -1.06. The van der Waals surface area contributed by atoms with Crippen LogP contribution in [0.1, 0.15) is 27.1 Å². The fourth-order valence-electron chi connectivity index (χ4n) is 5.31. The van der Waals surface area contributed by atoms with Crippen LogP contribution in [0.2, 0.25) is 0 Å². The third-order valence-corrected chi connectivity index (χ3v) is 6.95. The van der Waals surface area contributed by atoms with Gasteiger partial charge in [0.15, 0.2) is 5.78 Å². The van der Waals surface area contributed by atoms with E-state index in [0.29, 0.717) is 16.4 Å². The molecule has 12 heteroatoms. The number of hydrogen-bond acceptors (Lipinski definition) is 8. The molecule has 2 aromatic rings. The fraction of sp³-hybridized carbons (Fsp3) is 0.250. The first-order valence-corrected chi connectivity index (χ1v) is 11.1. The first kappa shape index (κ1) is 23.0. The van der Waals surface area contributed by atoms with E-state index in [-0.39, 0.29) is 23.1 Å². The lowest BCUT2D eigenvalue weighted by molar-refractivity contribution is -0.385. The molecule has 2 bridgehead atoms. The Labute approximate surface area is 203 Å². The second-order valence-corrected chi connectivity index (χ2v) is 8.85. The number of carbonyl (C=O) groups is 4. The summed E-state index contributed by atoms with van der Waals surface area (Å²) in [7, 11) is 0. The second-order valence-electron chi connectivity index (χ2n) is 8.85. The minimum absolute atomic E-state index is 0.00184. The summed E-state index contributed by atoms with van der Waals surface area (Å²) in [5, 5.41) is 23.8. The quantitative estimate of drug-likeness (QED) is 0.188. The van der Waals surface area contributed by atoms with E-state index >= 15 is 0 Å². The monoisotopic (exact) mass is 490 g/mol. The van der Waals surface area contributed by atoms with E-state index in [1.807, 2.05) is 12.2 Å². The van der Waals surface area contributed by atoms with E-state index in [4.69, 9.17) is 0 Å². The largest absolute Gasteiger partial charge is 0.292 e. The predicted molar refractivity (Wildman–Crippen MR) is 121 cm³/mol. The molecule has 2 aromatic carbocycles. The van der Waals surface area contributed by atoms with Gasteiger partial charge in [-0.15, -0.1) is 0 Å². The second kappa shape index (κ2) is 8.48. The van der Waals surface area contributed by atoms with Crippen molar-refractivity contribution in [2.24, 2.45) is 23.7 Å². The van der Waals surface area contributed by atoms with Crippen LogP contribution in [0, 0.1) is 43.9 Å². The molecule has 5 rings (SSSR count). The highest BCUT2D eigenvalue weighted by Gasteiger charge is 2.61. The number of hydrogen-bond donors (Lipinski definition) is 0. The Bertz CT molecular complexity index is 1340. The van der Waals surface area contributed by atoms with Crippen LogP contribution >= 0.6 is 0 Å². The maximum absolute atomic E-state index is 13.6. The normalized spacial score (nSPS) is 23.6. The summed E-state index contributed by atoms with van der Waals surface area (Å²) in [4.78, 5) is 74.5. The lowest BCUT2D eigenvalue weighted by atomic mass is 9.85. The number of Topliss-reactive ketones (excluding diaryl/α,β-unsaturated/α-hetero) is 1. The highest BCUT2D eigenvalue weighted by atomic mass is 16.6. The summed E-state index contributed by atoms with van der Waals surface area (Å²) < 4.78 is 0. The molecule has 2 aliphatic carbocycles. The van der Waals surface area contributed by atoms with Crippen LogP contribution in [0.15, 0.2) is 60.7 Å². The molecule has 1 saturated heterocycles. The van der Waals surface area contributed by atoms with Crippen LogP contribution in [-0.2, 0) is 9.59 Å². The SMILES string of the molecule is O=C(CN(C(=O)c1ccccc1[N+](=O)[O-])N1C(=O)[C@@H]2[C@@H](C1=O)[C@H]1C=C[C@H]2C1)c1ccc([N+](=O)[O-])cc1. The zero-order valence-corrected chi connectivity index (χ0v) is 18.6. The molecule has 0 N–H and O–H groups in total. The Balaban J connectivity index is 1.52. The molecule has 12 nitrogen and oxygen atoms in total. The molecule has 3 amide bonds. The topological polar surface area (TPSA) is 161 Å². The van der Waals surface area contributed by atoms with Gasteiger partial charge in [-0.2, -0.15) is 5.01 Å². The maximum atomic E-state index is 13.6. The standard InChI is InChI=1S/C24H18N4O8/c29-19(13-7-9-16(10-8-13)27(33)34)12-25(22(30)17-3-1-2-4-18(17)28(35)36)26-23(31)20-14-5-6-15(11-14)21(20)24(26)32/h1-10,14-15,20-21H,11-12H2/t14-,15-,20-,21-/m0/s1. The van der Waals surface area contributed by atoms with Crippen molar-refractivity contribution in [1.82, 2.24) is 10.0 Å². The van der Waals surface area contributed by atoms with Gasteiger partial charge in [0, 0.05) is 23.8 Å². The number of imide groups is 1. The Hall–Kier alpha value is -4.74. The number of carbonyl (C=O) groups excluding carboxylic acids is 4. The van der Waals surface area contributed by atoms with Crippen molar-refractivity contribution in [1.29, 1.82) is 0 Å². The zero-order chi connectivity index (χ0) is 25.7. The summed E-state index contributed by atoms with van der Waals surface area (Å²) in [6.45, 7) is -0.775. The number of nitro benzene ring substituents is 2. The molecule has 4 atom stereocenters. The van der Waals surface area contributed by atoms with Crippen LogP contribution in [0.25, 0.3) is 0 Å². The third kappa shape index (κ3) is 3.54. The first-order chi connectivity index (χ1) is 17.2. The molecule has 36 heavy (non-hydrogen) atoms. The number of amides is 3. The molecule has 182 valence electrons. The molecular formula is C24H18N4O8. The van der Waals surface area contributed by atoms with Crippen molar-refractivity contribution < 1.29 is 29.0 Å². The summed E-state index contributed by atoms with van der Waals surface area (Å²) in [6, 6.07) is 9.66. The fourth-order valence-corrected chi connectivity index (χ4v) is 5.31. The summed E-state index contributed by atoms with van der Waals surface area (Å²) in [5.41, 5.74) is -1.18. The Morgan fingerprint density at radius 1 is 0.889 bits per heavy atom. The van der Waals surface area contributed by atoms with Gasteiger partial charge in [-0.3, -0.25) is 39.4 Å². The van der Waals surface area contributed by atoms with Gasteiger partial charge in [0.1, 0.15) is 12.1 Å². The molecule has 0 unspecified atom stereocenters. The highest BCUT2D eigenvalue weighted by molar-refractivity contribution is 6.11. The van der Waals surface area contributed by atoms with Gasteiger partial charge in [-0.05, 0) is 36.5 Å². The number of para-hydroxylation sites is 1. The lowest BCUT2D eigenvalue weighted by Crippen LogP contribution is -2.52. The molecule has 3 aliphatic rings. The number of nitro groups is 2. The average Bonchev–Trinajstić information content (AvgIpc) is 3.56. The number of non-ortho nitro benzene ring substituents is 1. The van der Waals surface area contributed by atoms with E-state index in [1.54, 1.807) is 0 Å². The van der Waals surface area contributed by atoms with E-state index in [9.17, 15) is 39.4 Å². The lowest BCUT2D eigenvalue weighted by Gasteiger charge is -2.30. The third-order valence-electron chi connectivity index (χ3n) is 6.95. The van der Waals surface area contributed by atoms with Crippen molar-refractivity contribution in [2.75, 3.05) is 6.54 Å². The number of benzene rings is 2. The van der Waals surface area contributed by atoms with Crippen molar-refractivity contribution in [2.45, 2.75) is 6.42 Å². The molecule has 2 fully saturated rings. The molecule has 0 radical (unpaired) electrons. The van der Waals surface area contributed by atoms with Gasteiger partial charge < -0.3 is 0 Å². The van der Waals surface area contributed by atoms with Crippen LogP contribution in [-0.4, -0.2) is 49.9 Å². The minimum Gasteiger partial charge on any atom is -0.292 e. The van der Waals surface area contributed by atoms with Crippen LogP contribution in [0.4, 0.5) is 11.4 Å². The van der Waals surface area contributed by atoms with Gasteiger partial charge in [-0.1, -0.05) is 24.3 Å². The van der Waals surface area contributed by atoms with Gasteiger partial charge in [0.2, 0.25) is 0 Å². The number of ketones is 1. The van der Waals surface area contributed by atoms with Crippen molar-refractivity contribution >= 4 is 34.9 Å². The number of rotatable bonds is 7. The van der Waals surface area contributed by atoms with Crippen LogP contribution < -0.4 is 0 Å². The van der Waals surface area contributed by atoms with Crippen LogP contribution in [0.3, 0.4) is 0 Å². The van der Waals surface area contributed by atoms with E-state index in [2.05, 4.69) is 0 Å². The Kier molecular flexibility index (Phi) is 5.43. The smallest absolute Gasteiger partial charge is 0.282 e. The van der Waals surface area contributed by atoms with Gasteiger partial charge in [-0.25, -0.2) is 5.01 Å². The Morgan fingerprint density at radius 3 is 2.03 bits per heavy atom. The van der Waals surface area contributed by atoms with E-state index in [1.165, 1.54) is 30.3 Å². The molecule has 1 saturated carbocycles. The maximum Gasteiger partial charge on any atom is 0.282 e.